The Kier molecular flexibility index (Phi) is 6.37. The molecule has 0 spiro atoms. The van der Waals surface area contributed by atoms with Crippen LogP contribution in [0, 0.1) is 0 Å². The second-order valence-corrected chi connectivity index (χ2v) is 6.46. The zero-order valence-electron chi connectivity index (χ0n) is 13.1. The first kappa shape index (κ1) is 16.5. The lowest BCUT2D eigenvalue weighted by atomic mass is 10.2. The molecule has 0 aliphatic carbocycles. The van der Waals surface area contributed by atoms with Gasteiger partial charge in [-0.3, -0.25) is 4.79 Å². The fourth-order valence-electron chi connectivity index (χ4n) is 2.02. The number of amides is 1. The number of nitrogens with zero attached hydrogens (tertiary/aromatic N) is 1. The van der Waals surface area contributed by atoms with Crippen LogP contribution in [0.4, 0.5) is 0 Å². The number of hydrogen-bond donors (Lipinski definition) is 1. The Morgan fingerprint density at radius 3 is 2.68 bits per heavy atom. The van der Waals surface area contributed by atoms with Crippen LogP contribution < -0.4 is 5.32 Å². The minimum atomic E-state index is -0.0339. The van der Waals surface area contributed by atoms with E-state index in [9.17, 15) is 4.79 Å². The second-order valence-electron chi connectivity index (χ2n) is 5.35. The van der Waals surface area contributed by atoms with E-state index in [0.29, 0.717) is 6.54 Å². The summed E-state index contributed by atoms with van der Waals surface area (Å²) >= 11 is 1.69. The second kappa shape index (κ2) is 8.51. The summed E-state index contributed by atoms with van der Waals surface area (Å²) < 4.78 is 0. The SMILES string of the molecule is CN(C)CCCNC(=O)/C=C/c1ccc(-c2ccccc2)s1. The summed E-state index contributed by atoms with van der Waals surface area (Å²) in [5, 5.41) is 2.90. The molecule has 0 aliphatic heterocycles. The largest absolute Gasteiger partial charge is 0.353 e. The molecule has 116 valence electrons. The van der Waals surface area contributed by atoms with Crippen molar-refractivity contribution in [2.45, 2.75) is 6.42 Å². The average Bonchev–Trinajstić information content (AvgIpc) is 2.99. The van der Waals surface area contributed by atoms with Gasteiger partial charge in [0.25, 0.3) is 0 Å². The highest BCUT2D eigenvalue weighted by molar-refractivity contribution is 7.16. The minimum absolute atomic E-state index is 0.0339. The van der Waals surface area contributed by atoms with E-state index in [1.165, 1.54) is 10.4 Å². The first-order chi connectivity index (χ1) is 10.6. The highest BCUT2D eigenvalue weighted by Crippen LogP contribution is 2.28. The molecule has 2 aromatic rings. The molecule has 0 aliphatic rings. The molecule has 0 bridgehead atoms. The van der Waals surface area contributed by atoms with E-state index < -0.39 is 0 Å². The highest BCUT2D eigenvalue weighted by Gasteiger charge is 2.01. The summed E-state index contributed by atoms with van der Waals surface area (Å²) in [6, 6.07) is 14.4. The smallest absolute Gasteiger partial charge is 0.244 e. The number of benzene rings is 1. The topological polar surface area (TPSA) is 32.3 Å². The molecule has 0 saturated carbocycles. The Labute approximate surface area is 136 Å². The van der Waals surface area contributed by atoms with Gasteiger partial charge in [0, 0.05) is 22.4 Å². The summed E-state index contributed by atoms with van der Waals surface area (Å²) in [6.07, 6.45) is 4.44. The third kappa shape index (κ3) is 5.47. The van der Waals surface area contributed by atoms with Gasteiger partial charge < -0.3 is 10.2 Å². The van der Waals surface area contributed by atoms with Crippen molar-refractivity contribution in [1.29, 1.82) is 0 Å². The number of thiophene rings is 1. The van der Waals surface area contributed by atoms with Gasteiger partial charge in [-0.1, -0.05) is 30.3 Å². The molecular formula is C18H22N2OS. The minimum Gasteiger partial charge on any atom is -0.353 e. The molecule has 2 rings (SSSR count). The summed E-state index contributed by atoms with van der Waals surface area (Å²) in [6.45, 7) is 1.69. The Morgan fingerprint density at radius 2 is 1.95 bits per heavy atom. The molecule has 1 amide bonds. The normalized spacial score (nSPS) is 11.2. The Balaban J connectivity index is 1.83. The van der Waals surface area contributed by atoms with E-state index in [-0.39, 0.29) is 5.91 Å². The van der Waals surface area contributed by atoms with Crippen LogP contribution in [-0.2, 0) is 4.79 Å². The standard InChI is InChI=1S/C18H22N2OS/c1-20(2)14-6-13-19-18(21)12-10-16-9-11-17(22-16)15-7-4-3-5-8-15/h3-5,7-12H,6,13-14H2,1-2H3,(H,19,21)/b12-10+. The molecule has 4 heteroatoms. The number of rotatable bonds is 7. The lowest BCUT2D eigenvalue weighted by Gasteiger charge is -2.08. The predicted molar refractivity (Wildman–Crippen MR) is 95.0 cm³/mol. The van der Waals surface area contributed by atoms with Crippen molar-refractivity contribution in [3.05, 3.63) is 53.4 Å². The van der Waals surface area contributed by atoms with Gasteiger partial charge in [-0.15, -0.1) is 11.3 Å². The van der Waals surface area contributed by atoms with E-state index in [1.807, 2.05) is 44.4 Å². The van der Waals surface area contributed by atoms with Crippen LogP contribution in [0.2, 0.25) is 0 Å². The summed E-state index contributed by atoms with van der Waals surface area (Å²) in [7, 11) is 4.06. The molecule has 1 aromatic carbocycles. The molecule has 0 unspecified atom stereocenters. The Hall–Kier alpha value is -1.91. The summed E-state index contributed by atoms with van der Waals surface area (Å²) in [4.78, 5) is 16.1. The van der Waals surface area contributed by atoms with Gasteiger partial charge in [-0.25, -0.2) is 0 Å². The molecule has 1 aromatic heterocycles. The predicted octanol–water partition coefficient (Wildman–Crippen LogP) is 3.50. The van der Waals surface area contributed by atoms with Gasteiger partial charge in [0.1, 0.15) is 0 Å². The van der Waals surface area contributed by atoms with Gasteiger partial charge >= 0.3 is 0 Å². The van der Waals surface area contributed by atoms with E-state index in [0.717, 1.165) is 17.8 Å². The van der Waals surface area contributed by atoms with Crippen molar-refractivity contribution < 1.29 is 4.79 Å². The zero-order chi connectivity index (χ0) is 15.8. The number of carbonyl (C=O) groups excluding carboxylic acids is 1. The number of nitrogens with one attached hydrogen (secondary N) is 1. The highest BCUT2D eigenvalue weighted by atomic mass is 32.1. The lowest BCUT2D eigenvalue weighted by molar-refractivity contribution is -0.116. The quantitative estimate of drug-likeness (QED) is 0.627. The summed E-state index contributed by atoms with van der Waals surface area (Å²) in [5.74, 6) is -0.0339. The van der Waals surface area contributed by atoms with Crippen molar-refractivity contribution in [2.24, 2.45) is 0 Å². The molecule has 0 atom stereocenters. The number of hydrogen-bond acceptors (Lipinski definition) is 3. The molecular weight excluding hydrogens is 292 g/mol. The van der Waals surface area contributed by atoms with Gasteiger partial charge in [-0.2, -0.15) is 0 Å². The van der Waals surface area contributed by atoms with E-state index >= 15 is 0 Å². The van der Waals surface area contributed by atoms with Gasteiger partial charge in [0.2, 0.25) is 5.91 Å². The monoisotopic (exact) mass is 314 g/mol. The summed E-state index contributed by atoms with van der Waals surface area (Å²) in [5.41, 5.74) is 1.21. The van der Waals surface area contributed by atoms with Gasteiger partial charge in [0.15, 0.2) is 0 Å². The Bertz CT molecular complexity index is 617. The molecule has 1 heterocycles. The van der Waals surface area contributed by atoms with Crippen LogP contribution in [0.15, 0.2) is 48.5 Å². The molecule has 0 radical (unpaired) electrons. The molecule has 1 N–H and O–H groups in total. The maximum absolute atomic E-state index is 11.7. The van der Waals surface area contributed by atoms with Crippen LogP contribution in [-0.4, -0.2) is 38.0 Å². The first-order valence-electron chi connectivity index (χ1n) is 7.41. The first-order valence-corrected chi connectivity index (χ1v) is 8.23. The van der Waals surface area contributed by atoms with Crippen LogP contribution in [0.5, 0.6) is 0 Å². The molecule has 3 nitrogen and oxygen atoms in total. The molecule has 0 fully saturated rings. The third-order valence-electron chi connectivity index (χ3n) is 3.17. The van der Waals surface area contributed by atoms with E-state index in [1.54, 1.807) is 17.4 Å². The molecule has 0 saturated heterocycles. The van der Waals surface area contributed by atoms with Crippen molar-refractivity contribution >= 4 is 23.3 Å². The van der Waals surface area contributed by atoms with Gasteiger partial charge in [-0.05, 0) is 50.8 Å². The van der Waals surface area contributed by atoms with Crippen molar-refractivity contribution in [3.63, 3.8) is 0 Å². The van der Waals surface area contributed by atoms with Crippen LogP contribution >= 0.6 is 11.3 Å². The van der Waals surface area contributed by atoms with E-state index in [4.69, 9.17) is 0 Å². The average molecular weight is 314 g/mol. The zero-order valence-corrected chi connectivity index (χ0v) is 13.9. The fourth-order valence-corrected chi connectivity index (χ4v) is 2.94. The maximum Gasteiger partial charge on any atom is 0.244 e. The Morgan fingerprint density at radius 1 is 1.18 bits per heavy atom. The maximum atomic E-state index is 11.7. The van der Waals surface area contributed by atoms with Crippen LogP contribution in [0.25, 0.3) is 16.5 Å². The van der Waals surface area contributed by atoms with Gasteiger partial charge in [0.05, 0.1) is 0 Å². The molecule has 22 heavy (non-hydrogen) atoms. The van der Waals surface area contributed by atoms with Crippen LogP contribution in [0.1, 0.15) is 11.3 Å². The van der Waals surface area contributed by atoms with Crippen molar-refractivity contribution in [1.82, 2.24) is 10.2 Å². The van der Waals surface area contributed by atoms with Crippen molar-refractivity contribution in [2.75, 3.05) is 27.2 Å². The van der Waals surface area contributed by atoms with E-state index in [2.05, 4.69) is 28.4 Å². The van der Waals surface area contributed by atoms with Crippen molar-refractivity contribution in [3.8, 4) is 10.4 Å². The number of carbonyl (C=O) groups is 1. The fraction of sp³-hybridized carbons (Fsp3) is 0.278. The lowest BCUT2D eigenvalue weighted by Crippen LogP contribution is -2.25. The third-order valence-corrected chi connectivity index (χ3v) is 4.26. The van der Waals surface area contributed by atoms with Crippen LogP contribution in [0.3, 0.4) is 0 Å².